The second kappa shape index (κ2) is 8.22. The highest BCUT2D eigenvalue weighted by Crippen LogP contribution is 2.21. The Morgan fingerprint density at radius 1 is 1.25 bits per heavy atom. The Morgan fingerprint density at radius 3 is 2.79 bits per heavy atom. The Morgan fingerprint density at radius 2 is 2.04 bits per heavy atom. The Bertz CT molecular complexity index is 1120. The van der Waals surface area contributed by atoms with Gasteiger partial charge in [0.25, 0.3) is 5.56 Å². The average molecular weight is 400 g/mol. The van der Waals surface area contributed by atoms with E-state index in [2.05, 4.69) is 15.0 Å². The van der Waals surface area contributed by atoms with Gasteiger partial charge in [0.2, 0.25) is 5.91 Å². The van der Waals surface area contributed by atoms with Gasteiger partial charge in [-0.2, -0.15) is 0 Å². The molecule has 0 atom stereocenters. The van der Waals surface area contributed by atoms with E-state index in [4.69, 9.17) is 11.6 Å². The van der Waals surface area contributed by atoms with Gasteiger partial charge in [0.1, 0.15) is 0 Å². The number of aromatic nitrogens is 2. The molecule has 8 heteroatoms. The molecule has 0 unspecified atom stereocenters. The van der Waals surface area contributed by atoms with Crippen LogP contribution in [0.2, 0.25) is 5.02 Å². The molecule has 7 nitrogen and oxygen atoms in total. The molecular weight excluding hydrogens is 382 g/mol. The zero-order valence-electron chi connectivity index (χ0n) is 15.4. The number of nitrogens with one attached hydrogen (secondary N) is 1. The molecule has 0 aliphatic rings. The summed E-state index contributed by atoms with van der Waals surface area (Å²) in [6.07, 6.45) is 1.51. The molecule has 3 aromatic rings. The van der Waals surface area contributed by atoms with Crippen LogP contribution in [0.5, 0.6) is 0 Å². The summed E-state index contributed by atoms with van der Waals surface area (Å²) in [5, 5.41) is 3.43. The number of esters is 1. The molecule has 0 spiro atoms. The number of carbonyl (C=O) groups excluding carboxylic acids is 2. The maximum Gasteiger partial charge on any atom is 0.339 e. The van der Waals surface area contributed by atoms with Crippen LogP contribution in [-0.2, 0) is 16.1 Å². The quantitative estimate of drug-likeness (QED) is 0.665. The highest BCUT2D eigenvalue weighted by Gasteiger charge is 2.13. The number of rotatable bonds is 5. The van der Waals surface area contributed by atoms with E-state index in [-0.39, 0.29) is 35.0 Å². The highest BCUT2D eigenvalue weighted by atomic mass is 35.5. The summed E-state index contributed by atoms with van der Waals surface area (Å²) < 4.78 is 6.06. The van der Waals surface area contributed by atoms with Crippen LogP contribution in [0.15, 0.2) is 47.5 Å². The predicted molar refractivity (Wildman–Crippen MR) is 107 cm³/mol. The maximum atomic E-state index is 12.6. The van der Waals surface area contributed by atoms with Crippen molar-refractivity contribution in [3.05, 3.63) is 69.2 Å². The molecule has 0 aliphatic heterocycles. The number of methoxy groups -OCH3 is 1. The van der Waals surface area contributed by atoms with Crippen LogP contribution in [0.1, 0.15) is 22.3 Å². The molecule has 0 bridgehead atoms. The first-order valence-corrected chi connectivity index (χ1v) is 8.91. The molecule has 1 N–H and O–H groups in total. The van der Waals surface area contributed by atoms with Crippen LogP contribution in [0.4, 0.5) is 5.69 Å². The average Bonchev–Trinajstić information content (AvgIpc) is 2.69. The van der Waals surface area contributed by atoms with E-state index in [1.165, 1.54) is 30.1 Å². The highest BCUT2D eigenvalue weighted by molar-refractivity contribution is 6.33. The van der Waals surface area contributed by atoms with Crippen molar-refractivity contribution in [3.8, 4) is 0 Å². The lowest BCUT2D eigenvalue weighted by molar-refractivity contribution is -0.116. The lowest BCUT2D eigenvalue weighted by Gasteiger charge is -2.10. The number of amides is 1. The molecule has 144 valence electrons. The number of fused-ring (bicyclic) bond motifs is 1. The first kappa shape index (κ1) is 19.6. The lowest BCUT2D eigenvalue weighted by Crippen LogP contribution is -2.24. The standard InChI is InChI=1S/C20H18ClN3O4/c1-12-4-3-5-14-18(12)22-11-24(19(14)26)9-8-17(25)23-13-6-7-16(21)15(10-13)20(27)28-2/h3-7,10-11H,8-9H2,1-2H3,(H,23,25). The third-order valence-electron chi connectivity index (χ3n) is 4.29. The Hall–Kier alpha value is -3.19. The number of nitrogens with zero attached hydrogens (tertiary/aromatic N) is 2. The van der Waals surface area contributed by atoms with E-state index in [0.29, 0.717) is 16.6 Å². The molecule has 0 saturated carbocycles. The van der Waals surface area contributed by atoms with Crippen molar-refractivity contribution < 1.29 is 14.3 Å². The molecule has 2 aromatic carbocycles. The van der Waals surface area contributed by atoms with Crippen molar-refractivity contribution in [2.45, 2.75) is 19.9 Å². The molecule has 1 amide bonds. The summed E-state index contributed by atoms with van der Waals surface area (Å²) in [4.78, 5) is 40.8. The topological polar surface area (TPSA) is 90.3 Å². The fourth-order valence-electron chi connectivity index (χ4n) is 2.81. The van der Waals surface area contributed by atoms with Gasteiger partial charge in [-0.15, -0.1) is 0 Å². The van der Waals surface area contributed by atoms with Crippen LogP contribution < -0.4 is 10.9 Å². The number of anilines is 1. The fourth-order valence-corrected chi connectivity index (χ4v) is 3.01. The van der Waals surface area contributed by atoms with Gasteiger partial charge in [-0.3, -0.25) is 14.2 Å². The summed E-state index contributed by atoms with van der Waals surface area (Å²) in [6, 6.07) is 9.94. The smallest absolute Gasteiger partial charge is 0.339 e. The van der Waals surface area contributed by atoms with E-state index in [0.717, 1.165) is 5.56 Å². The number of benzene rings is 2. The maximum absolute atomic E-state index is 12.6. The molecule has 1 heterocycles. The monoisotopic (exact) mass is 399 g/mol. The summed E-state index contributed by atoms with van der Waals surface area (Å²) in [7, 11) is 1.25. The van der Waals surface area contributed by atoms with Gasteiger partial charge >= 0.3 is 5.97 Å². The molecule has 0 aliphatic carbocycles. The largest absolute Gasteiger partial charge is 0.465 e. The number of para-hydroxylation sites is 1. The predicted octanol–water partition coefficient (Wildman–Crippen LogP) is 3.17. The van der Waals surface area contributed by atoms with E-state index in [1.54, 1.807) is 18.2 Å². The van der Waals surface area contributed by atoms with Gasteiger partial charge in [0, 0.05) is 18.7 Å². The third-order valence-corrected chi connectivity index (χ3v) is 4.62. The second-order valence-electron chi connectivity index (χ2n) is 6.20. The first-order valence-electron chi connectivity index (χ1n) is 8.53. The molecular formula is C20H18ClN3O4. The number of carbonyl (C=O) groups is 2. The summed E-state index contributed by atoms with van der Waals surface area (Å²) in [5.74, 6) is -0.903. The van der Waals surface area contributed by atoms with Crippen molar-refractivity contribution in [2.75, 3.05) is 12.4 Å². The fraction of sp³-hybridized carbons (Fsp3) is 0.200. The summed E-state index contributed by atoms with van der Waals surface area (Å²) >= 11 is 5.97. The summed E-state index contributed by atoms with van der Waals surface area (Å²) in [5.41, 5.74) is 1.95. The molecule has 0 radical (unpaired) electrons. The Balaban J connectivity index is 1.71. The minimum absolute atomic E-state index is 0.0646. The number of hydrogen-bond donors (Lipinski definition) is 1. The van der Waals surface area contributed by atoms with E-state index in [9.17, 15) is 14.4 Å². The number of ether oxygens (including phenoxy) is 1. The van der Waals surface area contributed by atoms with Crippen LogP contribution in [0.3, 0.4) is 0 Å². The van der Waals surface area contributed by atoms with E-state index in [1.807, 2.05) is 13.0 Å². The minimum Gasteiger partial charge on any atom is -0.465 e. The molecule has 0 fully saturated rings. The van der Waals surface area contributed by atoms with Gasteiger partial charge < -0.3 is 10.1 Å². The van der Waals surface area contributed by atoms with Crippen LogP contribution in [0.25, 0.3) is 10.9 Å². The molecule has 28 heavy (non-hydrogen) atoms. The van der Waals surface area contributed by atoms with Crippen molar-refractivity contribution in [3.63, 3.8) is 0 Å². The number of aryl methyl sites for hydroxylation is 2. The van der Waals surface area contributed by atoms with E-state index < -0.39 is 5.97 Å². The second-order valence-corrected chi connectivity index (χ2v) is 6.61. The van der Waals surface area contributed by atoms with Gasteiger partial charge in [0.15, 0.2) is 0 Å². The number of halogens is 1. The number of hydrogen-bond acceptors (Lipinski definition) is 5. The zero-order chi connectivity index (χ0) is 20.3. The van der Waals surface area contributed by atoms with Gasteiger partial charge in [-0.25, -0.2) is 9.78 Å². The van der Waals surface area contributed by atoms with Gasteiger partial charge in [-0.05, 0) is 36.8 Å². The van der Waals surface area contributed by atoms with Crippen LogP contribution >= 0.6 is 11.6 Å². The van der Waals surface area contributed by atoms with Crippen molar-refractivity contribution in [1.29, 1.82) is 0 Å². The summed E-state index contributed by atoms with van der Waals surface area (Å²) in [6.45, 7) is 2.07. The van der Waals surface area contributed by atoms with Gasteiger partial charge in [0.05, 0.1) is 34.9 Å². The Labute approximate surface area is 165 Å². The van der Waals surface area contributed by atoms with Crippen molar-refractivity contribution in [1.82, 2.24) is 9.55 Å². The molecule has 1 aromatic heterocycles. The lowest BCUT2D eigenvalue weighted by atomic mass is 10.1. The molecule has 3 rings (SSSR count). The van der Waals surface area contributed by atoms with Crippen LogP contribution in [-0.4, -0.2) is 28.5 Å². The normalized spacial score (nSPS) is 10.7. The van der Waals surface area contributed by atoms with Crippen molar-refractivity contribution in [2.24, 2.45) is 0 Å². The van der Waals surface area contributed by atoms with Crippen LogP contribution in [0, 0.1) is 6.92 Å². The minimum atomic E-state index is -0.592. The SMILES string of the molecule is COC(=O)c1cc(NC(=O)CCn2cnc3c(C)cccc3c2=O)ccc1Cl. The Kier molecular flexibility index (Phi) is 5.75. The van der Waals surface area contributed by atoms with E-state index >= 15 is 0 Å². The molecule has 0 saturated heterocycles. The zero-order valence-corrected chi connectivity index (χ0v) is 16.1. The van der Waals surface area contributed by atoms with Crippen molar-refractivity contribution >= 4 is 40.1 Å². The van der Waals surface area contributed by atoms with Gasteiger partial charge in [-0.1, -0.05) is 23.7 Å². The first-order chi connectivity index (χ1) is 13.4. The third kappa shape index (κ3) is 4.04.